The second-order valence-electron chi connectivity index (χ2n) is 10.5. The summed E-state index contributed by atoms with van der Waals surface area (Å²) in [6, 6.07) is 18.4. The van der Waals surface area contributed by atoms with Crippen molar-refractivity contribution < 1.29 is 9.53 Å². The summed E-state index contributed by atoms with van der Waals surface area (Å²) in [5, 5.41) is 4.83. The van der Waals surface area contributed by atoms with Gasteiger partial charge in [-0.1, -0.05) is 35.9 Å². The second kappa shape index (κ2) is 9.49. The zero-order valence-corrected chi connectivity index (χ0v) is 22.3. The van der Waals surface area contributed by atoms with E-state index in [-0.39, 0.29) is 5.78 Å². The number of nitrogens with one attached hydrogen (secondary N) is 2. The normalized spacial score (nSPS) is 20.7. The molecule has 3 aromatic carbocycles. The van der Waals surface area contributed by atoms with Crippen LogP contribution < -0.4 is 10.9 Å². The number of ketones is 1. The molecule has 2 aliphatic rings. The van der Waals surface area contributed by atoms with E-state index in [1.807, 2.05) is 54.1 Å². The highest BCUT2D eigenvalue weighted by molar-refractivity contribution is 6.00. The van der Waals surface area contributed by atoms with Crippen LogP contribution in [0, 0.1) is 27.7 Å². The Morgan fingerprint density at radius 2 is 1.82 bits per heavy atom. The molecule has 0 bridgehead atoms. The van der Waals surface area contributed by atoms with E-state index in [1.54, 1.807) is 6.33 Å². The third kappa shape index (κ3) is 3.94. The summed E-state index contributed by atoms with van der Waals surface area (Å²) in [5.41, 5.74) is 14.9. The molecule has 0 aliphatic carbocycles. The molecule has 2 atom stereocenters. The van der Waals surface area contributed by atoms with Gasteiger partial charge in [-0.05, 0) is 93.5 Å². The van der Waals surface area contributed by atoms with Crippen molar-refractivity contribution in [3.63, 3.8) is 0 Å². The highest BCUT2D eigenvalue weighted by Crippen LogP contribution is 2.43. The van der Waals surface area contributed by atoms with Gasteiger partial charge in [-0.15, -0.1) is 5.10 Å². The van der Waals surface area contributed by atoms with Gasteiger partial charge in [-0.25, -0.2) is 15.1 Å². The number of hydrogen-bond donors (Lipinski definition) is 2. The fourth-order valence-corrected chi connectivity index (χ4v) is 5.59. The Kier molecular flexibility index (Phi) is 6.13. The fourth-order valence-electron chi connectivity index (χ4n) is 5.59. The van der Waals surface area contributed by atoms with Crippen molar-refractivity contribution in [3.05, 3.63) is 94.3 Å². The van der Waals surface area contributed by atoms with Crippen molar-refractivity contribution in [1.82, 2.24) is 20.2 Å². The fraction of sp³-hybridized carbons (Fsp3) is 0.323. The maximum atomic E-state index is 14.2. The lowest BCUT2D eigenvalue weighted by atomic mass is 9.76. The Bertz CT molecular complexity index is 1520. The van der Waals surface area contributed by atoms with Crippen molar-refractivity contribution in [3.8, 4) is 17.1 Å². The van der Waals surface area contributed by atoms with Crippen LogP contribution in [0.4, 0.5) is 5.69 Å². The van der Waals surface area contributed by atoms with Crippen molar-refractivity contribution in [1.29, 1.82) is 0 Å². The summed E-state index contributed by atoms with van der Waals surface area (Å²) in [5.74, 6) is 0.630. The smallest absolute Gasteiger partial charge is 0.192 e. The van der Waals surface area contributed by atoms with Gasteiger partial charge in [0, 0.05) is 17.7 Å². The first-order valence-corrected chi connectivity index (χ1v) is 13.3. The average molecular weight is 508 g/mol. The van der Waals surface area contributed by atoms with Gasteiger partial charge >= 0.3 is 0 Å². The first-order chi connectivity index (χ1) is 18.4. The predicted molar refractivity (Wildman–Crippen MR) is 148 cm³/mol. The maximum absolute atomic E-state index is 14.2. The van der Waals surface area contributed by atoms with Crippen LogP contribution in [-0.4, -0.2) is 33.3 Å². The van der Waals surface area contributed by atoms with Gasteiger partial charge in [0.05, 0.1) is 11.4 Å². The number of aryl methyl sites for hydroxylation is 2. The molecule has 2 aliphatic heterocycles. The molecule has 6 rings (SSSR count). The third-order valence-electron chi connectivity index (χ3n) is 8.16. The van der Waals surface area contributed by atoms with Gasteiger partial charge < -0.3 is 10.2 Å². The molecule has 38 heavy (non-hydrogen) atoms. The number of aromatic nitrogens is 3. The highest BCUT2D eigenvalue weighted by Gasteiger charge is 2.50. The lowest BCUT2D eigenvalue weighted by molar-refractivity contribution is -0.138. The molecule has 2 unspecified atom stereocenters. The molecule has 1 fully saturated rings. The van der Waals surface area contributed by atoms with E-state index in [9.17, 15) is 4.79 Å². The largest absolute Gasteiger partial charge is 0.370 e. The zero-order chi connectivity index (χ0) is 26.4. The Hall–Kier alpha value is -3.81. The van der Waals surface area contributed by atoms with Crippen LogP contribution in [0.3, 0.4) is 0 Å². The van der Waals surface area contributed by atoms with Gasteiger partial charge in [0.15, 0.2) is 11.6 Å². The number of nitrogens with zero attached hydrogens (tertiary/aromatic N) is 3. The molecule has 3 heterocycles. The number of fused-ring (bicyclic) bond motifs is 1. The minimum absolute atomic E-state index is 0.0219. The Morgan fingerprint density at radius 3 is 2.58 bits per heavy atom. The van der Waals surface area contributed by atoms with Gasteiger partial charge in [-0.3, -0.25) is 4.79 Å². The molecule has 0 amide bonds. The van der Waals surface area contributed by atoms with Gasteiger partial charge in [0.2, 0.25) is 0 Å². The summed E-state index contributed by atoms with van der Waals surface area (Å²) in [4.78, 5) is 18.9. The molecule has 7 nitrogen and oxygen atoms in total. The number of anilines is 1. The van der Waals surface area contributed by atoms with Crippen molar-refractivity contribution >= 4 is 11.5 Å². The third-order valence-corrected chi connectivity index (χ3v) is 8.16. The van der Waals surface area contributed by atoms with E-state index >= 15 is 0 Å². The lowest BCUT2D eigenvalue weighted by Crippen LogP contribution is -2.53. The molecule has 0 spiro atoms. The topological polar surface area (TPSA) is 81.1 Å². The van der Waals surface area contributed by atoms with E-state index in [2.05, 4.69) is 48.7 Å². The van der Waals surface area contributed by atoms with Gasteiger partial charge in [0.1, 0.15) is 18.0 Å². The Morgan fingerprint density at radius 1 is 1.00 bits per heavy atom. The standard InChI is InChI=1S/C31H33N5O2/c1-19-8-12-24(13-9-19)31(29(37)28-7-5-6-16-38-28)25-17-23(11-14-26(25)33-35-31)30-32-18-36(34-30)27-15-10-20(2)21(3)22(27)4/h8-15,17-18,28,33,35H,5-7,16H2,1-4H3. The van der Waals surface area contributed by atoms with Crippen LogP contribution in [0.1, 0.15) is 52.6 Å². The summed E-state index contributed by atoms with van der Waals surface area (Å²) >= 11 is 0. The Balaban J connectivity index is 1.44. The average Bonchev–Trinajstić information content (AvgIpc) is 3.58. The summed E-state index contributed by atoms with van der Waals surface area (Å²) in [6.07, 6.45) is 4.00. The molecule has 0 radical (unpaired) electrons. The minimum Gasteiger partial charge on any atom is -0.370 e. The number of benzene rings is 3. The van der Waals surface area contributed by atoms with E-state index in [1.165, 1.54) is 16.7 Å². The van der Waals surface area contributed by atoms with Crippen LogP contribution in [-0.2, 0) is 15.1 Å². The number of carbonyl (C=O) groups is 1. The molecule has 2 N–H and O–H groups in total. The van der Waals surface area contributed by atoms with Crippen molar-refractivity contribution in [2.45, 2.75) is 58.6 Å². The second-order valence-corrected chi connectivity index (χ2v) is 10.5. The number of ether oxygens (including phenoxy) is 1. The monoisotopic (exact) mass is 507 g/mol. The van der Waals surface area contributed by atoms with Crippen LogP contribution in [0.15, 0.2) is 60.9 Å². The number of rotatable bonds is 5. The molecular formula is C31H33N5O2. The van der Waals surface area contributed by atoms with Crippen LogP contribution >= 0.6 is 0 Å². The Labute approximate surface area is 223 Å². The molecule has 1 saturated heterocycles. The maximum Gasteiger partial charge on any atom is 0.192 e. The number of carbonyl (C=O) groups excluding carboxylic acids is 1. The van der Waals surface area contributed by atoms with Crippen molar-refractivity contribution in [2.24, 2.45) is 0 Å². The lowest BCUT2D eigenvalue weighted by Gasteiger charge is -2.34. The molecule has 7 heteroatoms. The summed E-state index contributed by atoms with van der Waals surface area (Å²) < 4.78 is 7.82. The summed E-state index contributed by atoms with van der Waals surface area (Å²) in [6.45, 7) is 9.02. The van der Waals surface area contributed by atoms with Gasteiger partial charge in [-0.2, -0.15) is 0 Å². The predicted octanol–water partition coefficient (Wildman–Crippen LogP) is 5.48. The molecular weight excluding hydrogens is 474 g/mol. The van der Waals surface area contributed by atoms with Crippen molar-refractivity contribution in [2.75, 3.05) is 12.0 Å². The number of hydrogen-bond acceptors (Lipinski definition) is 6. The zero-order valence-electron chi connectivity index (χ0n) is 22.3. The van der Waals surface area contributed by atoms with E-state index in [0.717, 1.165) is 52.9 Å². The first-order valence-electron chi connectivity index (χ1n) is 13.3. The minimum atomic E-state index is -1.08. The number of Topliss-reactive ketones (excluding diaryl/α,β-unsaturated/α-hetero) is 1. The summed E-state index contributed by atoms with van der Waals surface area (Å²) in [7, 11) is 0. The van der Waals surface area contributed by atoms with Crippen LogP contribution in [0.2, 0.25) is 0 Å². The SMILES string of the molecule is Cc1ccc(C2(C(=O)C3CCCCO3)NNc3ccc(-c4ncn(-c5ccc(C)c(C)c5C)n4)cc32)cc1. The number of hydrazine groups is 1. The molecule has 1 aromatic heterocycles. The molecule has 4 aromatic rings. The highest BCUT2D eigenvalue weighted by atomic mass is 16.5. The van der Waals surface area contributed by atoms with Crippen LogP contribution in [0.5, 0.6) is 0 Å². The quantitative estimate of drug-likeness (QED) is 0.372. The molecule has 194 valence electrons. The van der Waals surface area contributed by atoms with E-state index in [4.69, 9.17) is 9.84 Å². The van der Waals surface area contributed by atoms with E-state index in [0.29, 0.717) is 12.4 Å². The van der Waals surface area contributed by atoms with Crippen LogP contribution in [0.25, 0.3) is 17.1 Å². The first kappa shape index (κ1) is 24.5. The molecule has 0 saturated carbocycles. The van der Waals surface area contributed by atoms with Gasteiger partial charge in [0.25, 0.3) is 0 Å². The van der Waals surface area contributed by atoms with E-state index < -0.39 is 11.6 Å².